The van der Waals surface area contributed by atoms with Gasteiger partial charge in [0.25, 0.3) is 0 Å². The number of nitrogens with two attached hydrogens (primary N) is 1. The van der Waals surface area contributed by atoms with E-state index in [0.29, 0.717) is 5.69 Å². The highest BCUT2D eigenvalue weighted by Gasteiger charge is 2.23. The van der Waals surface area contributed by atoms with Crippen LogP contribution < -0.4 is 5.73 Å². The molecule has 4 N–H and O–H groups in total. The fraction of sp³-hybridized carbons (Fsp3) is 0.217. The third-order valence-corrected chi connectivity index (χ3v) is 5.02. The molecule has 0 aliphatic heterocycles. The van der Waals surface area contributed by atoms with Crippen LogP contribution in [0.15, 0.2) is 48.5 Å². The lowest BCUT2D eigenvalue weighted by atomic mass is 9.80. The Hall–Kier alpha value is -2.94. The molecule has 0 radical (unpaired) electrons. The van der Waals surface area contributed by atoms with Crippen LogP contribution in [0, 0.1) is 27.7 Å². The van der Waals surface area contributed by atoms with E-state index in [-0.39, 0.29) is 17.4 Å². The van der Waals surface area contributed by atoms with Gasteiger partial charge in [-0.25, -0.2) is 0 Å². The summed E-state index contributed by atoms with van der Waals surface area (Å²) in [5.74, 6) is 0.470. The van der Waals surface area contributed by atoms with Crippen LogP contribution in [0.1, 0.15) is 44.9 Å². The number of nitrogen functional groups attached to an aromatic ring is 1. The van der Waals surface area contributed by atoms with Gasteiger partial charge in [-0.15, -0.1) is 0 Å². The fourth-order valence-electron chi connectivity index (χ4n) is 3.55. The van der Waals surface area contributed by atoms with E-state index in [9.17, 15) is 10.2 Å². The molecule has 0 amide bonds. The minimum atomic E-state index is -0.104. The number of hydrogen-bond donors (Lipinski definition) is 3. The quantitative estimate of drug-likeness (QED) is 0.456. The average Bonchev–Trinajstić information content (AvgIpc) is 2.58. The molecule has 3 aromatic rings. The van der Waals surface area contributed by atoms with E-state index in [4.69, 9.17) is 5.73 Å². The topological polar surface area (TPSA) is 66.5 Å². The van der Waals surface area contributed by atoms with Gasteiger partial charge in [-0.2, -0.15) is 0 Å². The Morgan fingerprint density at radius 1 is 0.692 bits per heavy atom. The lowest BCUT2D eigenvalue weighted by Crippen LogP contribution is -2.08. The first-order valence-electron chi connectivity index (χ1n) is 8.73. The minimum Gasteiger partial charge on any atom is -0.508 e. The summed E-state index contributed by atoms with van der Waals surface area (Å²) < 4.78 is 0. The number of aryl methyl sites for hydroxylation is 2. The van der Waals surface area contributed by atoms with Crippen molar-refractivity contribution >= 4 is 5.69 Å². The van der Waals surface area contributed by atoms with Crippen molar-refractivity contribution in [3.8, 4) is 11.5 Å². The molecule has 0 aliphatic rings. The third kappa shape index (κ3) is 3.25. The standard InChI is InChI=1S/C23H25NO2/c1-13-9-19(15(3)21(25)11-13)23(17-5-7-18(24)8-6-17)20-10-14(2)12-22(26)16(20)4/h5-12,23,25-26H,24H2,1-4H3. The van der Waals surface area contributed by atoms with E-state index in [2.05, 4.69) is 12.1 Å². The molecule has 3 rings (SSSR count). The summed E-state index contributed by atoms with van der Waals surface area (Å²) in [6.45, 7) is 7.81. The van der Waals surface area contributed by atoms with Crippen LogP contribution in [0.3, 0.4) is 0 Å². The van der Waals surface area contributed by atoms with Gasteiger partial charge >= 0.3 is 0 Å². The number of phenolic OH excluding ortho intramolecular Hbond substituents is 2. The molecular formula is C23H25NO2. The summed E-state index contributed by atoms with van der Waals surface area (Å²) in [5.41, 5.74) is 13.4. The maximum absolute atomic E-state index is 10.4. The van der Waals surface area contributed by atoms with Crippen LogP contribution in [-0.4, -0.2) is 10.2 Å². The van der Waals surface area contributed by atoms with Crippen molar-refractivity contribution in [3.63, 3.8) is 0 Å². The SMILES string of the molecule is Cc1cc(O)c(C)c(C(c2ccc(N)cc2)c2cc(C)cc(O)c2C)c1. The summed E-state index contributed by atoms with van der Waals surface area (Å²) in [7, 11) is 0. The van der Waals surface area contributed by atoms with Crippen LogP contribution in [0.4, 0.5) is 5.69 Å². The highest BCUT2D eigenvalue weighted by atomic mass is 16.3. The van der Waals surface area contributed by atoms with Crippen molar-refractivity contribution in [2.45, 2.75) is 33.6 Å². The lowest BCUT2D eigenvalue weighted by molar-refractivity contribution is 0.468. The molecule has 0 saturated carbocycles. The van der Waals surface area contributed by atoms with Gasteiger partial charge in [-0.05, 0) is 90.9 Å². The van der Waals surface area contributed by atoms with Gasteiger partial charge in [-0.1, -0.05) is 24.3 Å². The monoisotopic (exact) mass is 347 g/mol. The van der Waals surface area contributed by atoms with Crippen LogP contribution in [0.25, 0.3) is 0 Å². The first kappa shape index (κ1) is 17.9. The van der Waals surface area contributed by atoms with Gasteiger partial charge in [0.2, 0.25) is 0 Å². The molecule has 134 valence electrons. The maximum atomic E-state index is 10.4. The highest BCUT2D eigenvalue weighted by Crippen LogP contribution is 2.40. The van der Waals surface area contributed by atoms with E-state index >= 15 is 0 Å². The molecule has 0 spiro atoms. The second kappa shape index (κ2) is 6.75. The van der Waals surface area contributed by atoms with Gasteiger partial charge in [0, 0.05) is 11.6 Å². The van der Waals surface area contributed by atoms with Gasteiger partial charge in [0.15, 0.2) is 0 Å². The van der Waals surface area contributed by atoms with E-state index < -0.39 is 0 Å². The second-order valence-electron chi connectivity index (χ2n) is 7.10. The predicted octanol–water partition coefficient (Wildman–Crippen LogP) is 5.09. The molecule has 0 fully saturated rings. The predicted molar refractivity (Wildman–Crippen MR) is 107 cm³/mol. The molecule has 0 aliphatic carbocycles. The summed E-state index contributed by atoms with van der Waals surface area (Å²) in [4.78, 5) is 0. The third-order valence-electron chi connectivity index (χ3n) is 5.02. The maximum Gasteiger partial charge on any atom is 0.119 e. The number of anilines is 1. The first-order valence-corrected chi connectivity index (χ1v) is 8.73. The van der Waals surface area contributed by atoms with Crippen LogP contribution >= 0.6 is 0 Å². The number of aromatic hydroxyl groups is 2. The van der Waals surface area contributed by atoms with Crippen molar-refractivity contribution < 1.29 is 10.2 Å². The summed E-state index contributed by atoms with van der Waals surface area (Å²) in [6, 6.07) is 15.6. The smallest absolute Gasteiger partial charge is 0.119 e. The first-order chi connectivity index (χ1) is 12.3. The normalized spacial score (nSPS) is 11.1. The van der Waals surface area contributed by atoms with Crippen molar-refractivity contribution in [3.05, 3.63) is 87.5 Å². The molecular weight excluding hydrogens is 322 g/mol. The molecule has 0 saturated heterocycles. The van der Waals surface area contributed by atoms with Crippen molar-refractivity contribution in [1.82, 2.24) is 0 Å². The Balaban J connectivity index is 2.33. The van der Waals surface area contributed by atoms with Crippen molar-refractivity contribution in [1.29, 1.82) is 0 Å². The second-order valence-corrected chi connectivity index (χ2v) is 7.10. The molecule has 0 bridgehead atoms. The Labute approximate surface area is 154 Å². The van der Waals surface area contributed by atoms with Gasteiger partial charge in [0.05, 0.1) is 0 Å². The zero-order chi connectivity index (χ0) is 19.0. The minimum absolute atomic E-state index is 0.104. The molecule has 0 atom stereocenters. The fourth-order valence-corrected chi connectivity index (χ4v) is 3.55. The molecule has 3 heteroatoms. The van der Waals surface area contributed by atoms with E-state index in [1.165, 1.54) is 0 Å². The van der Waals surface area contributed by atoms with E-state index in [0.717, 1.165) is 38.9 Å². The van der Waals surface area contributed by atoms with E-state index in [1.54, 1.807) is 12.1 Å². The Kier molecular flexibility index (Phi) is 4.64. The summed E-state index contributed by atoms with van der Waals surface area (Å²) in [6.07, 6.45) is 0. The lowest BCUT2D eigenvalue weighted by Gasteiger charge is -2.24. The molecule has 0 heterocycles. The summed E-state index contributed by atoms with van der Waals surface area (Å²) in [5, 5.41) is 20.8. The van der Waals surface area contributed by atoms with Crippen LogP contribution in [0.2, 0.25) is 0 Å². The molecule has 0 aromatic heterocycles. The van der Waals surface area contributed by atoms with E-state index in [1.807, 2.05) is 52.0 Å². The van der Waals surface area contributed by atoms with Gasteiger partial charge < -0.3 is 15.9 Å². The van der Waals surface area contributed by atoms with Crippen LogP contribution in [-0.2, 0) is 0 Å². The molecule has 26 heavy (non-hydrogen) atoms. The zero-order valence-electron chi connectivity index (χ0n) is 15.7. The van der Waals surface area contributed by atoms with Gasteiger partial charge in [0.1, 0.15) is 11.5 Å². The largest absolute Gasteiger partial charge is 0.508 e. The molecule has 3 nitrogen and oxygen atoms in total. The number of rotatable bonds is 3. The Morgan fingerprint density at radius 2 is 1.12 bits per heavy atom. The Morgan fingerprint density at radius 3 is 1.54 bits per heavy atom. The van der Waals surface area contributed by atoms with Crippen molar-refractivity contribution in [2.75, 3.05) is 5.73 Å². The van der Waals surface area contributed by atoms with Gasteiger partial charge in [-0.3, -0.25) is 0 Å². The zero-order valence-corrected chi connectivity index (χ0v) is 15.7. The number of benzene rings is 3. The van der Waals surface area contributed by atoms with Crippen LogP contribution in [0.5, 0.6) is 11.5 Å². The number of phenols is 2. The average molecular weight is 347 g/mol. The number of hydrogen-bond acceptors (Lipinski definition) is 3. The highest BCUT2D eigenvalue weighted by molar-refractivity contribution is 5.56. The molecule has 0 unspecified atom stereocenters. The van der Waals surface area contributed by atoms with Crippen molar-refractivity contribution in [2.24, 2.45) is 0 Å². The molecule has 3 aromatic carbocycles. The Bertz CT molecular complexity index is 901. The summed E-state index contributed by atoms with van der Waals surface area (Å²) >= 11 is 0.